The van der Waals surface area contributed by atoms with Crippen LogP contribution in [0.5, 0.6) is 0 Å². The highest BCUT2D eigenvalue weighted by molar-refractivity contribution is 5.77. The molecule has 0 fully saturated rings. The summed E-state index contributed by atoms with van der Waals surface area (Å²) < 4.78 is 49.0. The summed E-state index contributed by atoms with van der Waals surface area (Å²) in [5.41, 5.74) is 1.44. The van der Waals surface area contributed by atoms with Crippen molar-refractivity contribution in [1.29, 1.82) is 0 Å². The van der Waals surface area contributed by atoms with Gasteiger partial charge in [-0.05, 0) is 43.3 Å². The molecule has 142 valence electrons. The van der Waals surface area contributed by atoms with E-state index in [-0.39, 0.29) is 11.8 Å². The second-order valence-electron chi connectivity index (χ2n) is 5.92. The molecule has 2 heterocycles. The number of rotatable bonds is 4. The van der Waals surface area contributed by atoms with Gasteiger partial charge in [-0.1, -0.05) is 12.1 Å². The van der Waals surface area contributed by atoms with Crippen molar-refractivity contribution in [2.45, 2.75) is 13.1 Å². The van der Waals surface area contributed by atoms with E-state index < -0.39 is 11.7 Å². The van der Waals surface area contributed by atoms with Crippen LogP contribution in [0.1, 0.15) is 11.3 Å². The Kier molecular flexibility index (Phi) is 4.34. The number of aromatic nitrogens is 3. The van der Waals surface area contributed by atoms with Crippen molar-refractivity contribution in [3.63, 3.8) is 0 Å². The van der Waals surface area contributed by atoms with E-state index >= 15 is 0 Å². The van der Waals surface area contributed by atoms with E-state index in [2.05, 4.69) is 20.5 Å². The van der Waals surface area contributed by atoms with Crippen LogP contribution in [-0.2, 0) is 6.18 Å². The third-order valence-corrected chi connectivity index (χ3v) is 4.02. The zero-order valence-electron chi connectivity index (χ0n) is 14.5. The van der Waals surface area contributed by atoms with Crippen molar-refractivity contribution >= 4 is 11.4 Å². The number of nitrogens with one attached hydrogen (secondary N) is 1. The summed E-state index contributed by atoms with van der Waals surface area (Å²) in [6.07, 6.45) is -3.09. The van der Waals surface area contributed by atoms with Crippen molar-refractivity contribution in [1.82, 2.24) is 15.2 Å². The fourth-order valence-electron chi connectivity index (χ4n) is 2.62. The lowest BCUT2D eigenvalue weighted by Crippen LogP contribution is -2.04. The molecule has 0 saturated carbocycles. The Morgan fingerprint density at radius 2 is 1.64 bits per heavy atom. The lowest BCUT2D eigenvalue weighted by molar-refractivity contribution is -0.137. The predicted molar refractivity (Wildman–Crippen MR) is 94.7 cm³/mol. The van der Waals surface area contributed by atoms with Crippen LogP contribution in [0, 0.1) is 6.92 Å². The van der Waals surface area contributed by atoms with Gasteiger partial charge >= 0.3 is 6.18 Å². The number of anilines is 2. The van der Waals surface area contributed by atoms with E-state index in [1.54, 1.807) is 31.2 Å². The number of aryl methyl sites for hydroxylation is 1. The molecule has 0 amide bonds. The van der Waals surface area contributed by atoms with Gasteiger partial charge in [-0.15, -0.1) is 10.2 Å². The quantitative estimate of drug-likeness (QED) is 0.502. The minimum absolute atomic E-state index is 0.214. The Morgan fingerprint density at radius 3 is 2.32 bits per heavy atom. The molecule has 0 unspecified atom stereocenters. The molecule has 0 aliphatic rings. The van der Waals surface area contributed by atoms with E-state index in [1.807, 2.05) is 0 Å². The van der Waals surface area contributed by atoms with E-state index in [4.69, 9.17) is 8.83 Å². The summed E-state index contributed by atoms with van der Waals surface area (Å²) in [5.74, 6) is 1.00. The molecule has 0 saturated heterocycles. The highest BCUT2D eigenvalue weighted by Gasteiger charge is 2.30. The van der Waals surface area contributed by atoms with Crippen LogP contribution in [0.4, 0.5) is 24.5 Å². The van der Waals surface area contributed by atoms with Gasteiger partial charge < -0.3 is 14.2 Å². The van der Waals surface area contributed by atoms with Gasteiger partial charge in [0.15, 0.2) is 12.1 Å². The molecule has 2 aromatic heterocycles. The normalized spacial score (nSPS) is 11.6. The number of hydrogen-bond donors (Lipinski definition) is 1. The predicted octanol–water partition coefficient (Wildman–Crippen LogP) is 5.46. The minimum atomic E-state index is -4.38. The Morgan fingerprint density at radius 1 is 0.929 bits per heavy atom. The fraction of sp³-hybridized carbons (Fsp3) is 0.105. The third kappa shape index (κ3) is 3.46. The summed E-state index contributed by atoms with van der Waals surface area (Å²) in [5, 5.41) is 11.1. The second-order valence-corrected chi connectivity index (χ2v) is 5.92. The molecule has 4 aromatic rings. The maximum Gasteiger partial charge on any atom is 0.416 e. The van der Waals surface area contributed by atoms with Gasteiger partial charge in [-0.2, -0.15) is 13.2 Å². The molecule has 0 radical (unpaired) electrons. The lowest BCUT2D eigenvalue weighted by Gasteiger charge is -2.11. The standard InChI is InChI=1S/C19H13F3N4O2/c1-11-16(23-10-27-11)18-26-25-17(28-18)14-4-2-3-5-15(14)24-13-8-6-12(7-9-13)19(20,21)22/h2-10,24H,1H3. The van der Waals surface area contributed by atoms with Gasteiger partial charge in [0.25, 0.3) is 5.89 Å². The monoisotopic (exact) mass is 386 g/mol. The summed E-state index contributed by atoms with van der Waals surface area (Å²) in [6.45, 7) is 1.73. The summed E-state index contributed by atoms with van der Waals surface area (Å²) in [6, 6.07) is 11.9. The molecule has 4 rings (SSSR count). The molecule has 28 heavy (non-hydrogen) atoms. The summed E-state index contributed by atoms with van der Waals surface area (Å²) >= 11 is 0. The number of halogens is 3. The number of hydrogen-bond acceptors (Lipinski definition) is 6. The van der Waals surface area contributed by atoms with E-state index in [9.17, 15) is 13.2 Å². The largest absolute Gasteiger partial charge is 0.448 e. The van der Waals surface area contributed by atoms with Crippen LogP contribution < -0.4 is 5.32 Å². The first-order valence-corrected chi connectivity index (χ1v) is 8.19. The van der Waals surface area contributed by atoms with Crippen molar-refractivity contribution in [3.05, 3.63) is 66.2 Å². The Bertz CT molecular complexity index is 1100. The summed E-state index contributed by atoms with van der Waals surface area (Å²) in [4.78, 5) is 4.04. The first kappa shape index (κ1) is 17.8. The molecule has 0 atom stereocenters. The van der Waals surface area contributed by atoms with Crippen LogP contribution in [0.3, 0.4) is 0 Å². The smallest absolute Gasteiger partial charge is 0.416 e. The van der Waals surface area contributed by atoms with Crippen molar-refractivity contribution in [2.24, 2.45) is 0 Å². The molecule has 0 aliphatic heterocycles. The fourth-order valence-corrected chi connectivity index (χ4v) is 2.62. The van der Waals surface area contributed by atoms with Gasteiger partial charge in [0.05, 0.1) is 16.8 Å². The highest BCUT2D eigenvalue weighted by Crippen LogP contribution is 2.33. The maximum atomic E-state index is 12.7. The number of alkyl halides is 3. The number of para-hydroxylation sites is 1. The summed E-state index contributed by atoms with van der Waals surface area (Å²) in [7, 11) is 0. The van der Waals surface area contributed by atoms with Gasteiger partial charge in [-0.25, -0.2) is 4.98 Å². The molecular weight excluding hydrogens is 373 g/mol. The second kappa shape index (κ2) is 6.84. The minimum Gasteiger partial charge on any atom is -0.448 e. The van der Waals surface area contributed by atoms with E-state index in [1.165, 1.54) is 18.5 Å². The van der Waals surface area contributed by atoms with E-state index in [0.29, 0.717) is 28.4 Å². The van der Waals surface area contributed by atoms with E-state index in [0.717, 1.165) is 12.1 Å². The molecule has 6 nitrogen and oxygen atoms in total. The molecule has 0 bridgehead atoms. The first-order valence-electron chi connectivity index (χ1n) is 8.19. The average molecular weight is 386 g/mol. The Hall–Kier alpha value is -3.62. The van der Waals surface area contributed by atoms with Gasteiger partial charge in [0.1, 0.15) is 5.76 Å². The number of benzene rings is 2. The van der Waals surface area contributed by atoms with Crippen LogP contribution >= 0.6 is 0 Å². The number of oxazole rings is 1. The zero-order valence-corrected chi connectivity index (χ0v) is 14.5. The SMILES string of the molecule is Cc1ocnc1-c1nnc(-c2ccccc2Nc2ccc(C(F)(F)F)cc2)o1. The topological polar surface area (TPSA) is 77.0 Å². The van der Waals surface area contributed by atoms with Crippen molar-refractivity contribution in [2.75, 3.05) is 5.32 Å². The van der Waals surface area contributed by atoms with Gasteiger partial charge in [0, 0.05) is 5.69 Å². The van der Waals surface area contributed by atoms with Crippen LogP contribution in [0.15, 0.2) is 63.8 Å². The van der Waals surface area contributed by atoms with Gasteiger partial charge in [0.2, 0.25) is 5.89 Å². The molecule has 1 N–H and O–H groups in total. The van der Waals surface area contributed by atoms with Crippen molar-refractivity contribution in [3.8, 4) is 23.0 Å². The first-order chi connectivity index (χ1) is 13.4. The lowest BCUT2D eigenvalue weighted by atomic mass is 10.1. The number of nitrogens with zero attached hydrogens (tertiary/aromatic N) is 3. The van der Waals surface area contributed by atoms with Gasteiger partial charge in [-0.3, -0.25) is 0 Å². The molecule has 2 aromatic carbocycles. The maximum absolute atomic E-state index is 12.7. The zero-order chi connectivity index (χ0) is 19.7. The Balaban J connectivity index is 1.63. The Labute approximate surface area is 157 Å². The van der Waals surface area contributed by atoms with Crippen LogP contribution in [-0.4, -0.2) is 15.2 Å². The van der Waals surface area contributed by atoms with Crippen LogP contribution in [0.25, 0.3) is 23.0 Å². The third-order valence-electron chi connectivity index (χ3n) is 4.02. The highest BCUT2D eigenvalue weighted by atomic mass is 19.4. The molecule has 9 heteroatoms. The molecule has 0 aliphatic carbocycles. The molecular formula is C19H13F3N4O2. The molecule has 0 spiro atoms. The van der Waals surface area contributed by atoms with Crippen molar-refractivity contribution < 1.29 is 22.0 Å². The van der Waals surface area contributed by atoms with Crippen LogP contribution in [0.2, 0.25) is 0 Å². The average Bonchev–Trinajstić information content (AvgIpc) is 3.31.